The van der Waals surface area contributed by atoms with Gasteiger partial charge in [-0.15, -0.1) is 0 Å². The highest BCUT2D eigenvalue weighted by Gasteiger charge is 2.18. The number of hydrogen-bond donors (Lipinski definition) is 1. The predicted molar refractivity (Wildman–Crippen MR) is 70.8 cm³/mol. The van der Waals surface area contributed by atoms with E-state index in [2.05, 4.69) is 32.1 Å². The highest BCUT2D eigenvalue weighted by Crippen LogP contribution is 2.22. The fourth-order valence-corrected chi connectivity index (χ4v) is 2.29. The molecule has 0 radical (unpaired) electrons. The van der Waals surface area contributed by atoms with Crippen molar-refractivity contribution in [2.75, 3.05) is 31.1 Å². The molecule has 2 aromatic heterocycles. The number of nitrogens with one attached hydrogen (secondary N) is 1. The van der Waals surface area contributed by atoms with Gasteiger partial charge in [0.2, 0.25) is 0 Å². The minimum atomic E-state index is 0.847. The van der Waals surface area contributed by atoms with Crippen molar-refractivity contribution in [2.45, 2.75) is 13.3 Å². The monoisotopic (exact) mass is 246 g/mol. The maximum atomic E-state index is 4.67. The first-order valence-corrected chi connectivity index (χ1v) is 6.43. The Morgan fingerprint density at radius 3 is 2.78 bits per heavy atom. The minimum Gasteiger partial charge on any atom is -0.352 e. The first-order valence-electron chi connectivity index (χ1n) is 6.43. The summed E-state index contributed by atoms with van der Waals surface area (Å²) in [5, 5.41) is 3.36. The molecule has 0 spiro atoms. The molecule has 1 aliphatic heterocycles. The van der Waals surface area contributed by atoms with Gasteiger partial charge in [0.25, 0.3) is 0 Å². The molecule has 0 bridgehead atoms. The van der Waals surface area contributed by atoms with Crippen molar-refractivity contribution in [2.24, 2.45) is 7.05 Å². The van der Waals surface area contributed by atoms with Crippen molar-refractivity contribution in [1.29, 1.82) is 0 Å². The molecule has 0 aliphatic carbocycles. The Bertz CT molecular complexity index is 555. The van der Waals surface area contributed by atoms with E-state index in [1.165, 1.54) is 0 Å². The summed E-state index contributed by atoms with van der Waals surface area (Å²) in [5.74, 6) is 1.87. The Morgan fingerprint density at radius 2 is 2.06 bits per heavy atom. The van der Waals surface area contributed by atoms with Gasteiger partial charge in [-0.05, 0) is 0 Å². The van der Waals surface area contributed by atoms with Crippen molar-refractivity contribution in [3.63, 3.8) is 0 Å². The van der Waals surface area contributed by atoms with Gasteiger partial charge in [-0.1, -0.05) is 6.92 Å². The molecule has 6 heteroatoms. The molecule has 0 amide bonds. The van der Waals surface area contributed by atoms with E-state index >= 15 is 0 Å². The van der Waals surface area contributed by atoms with E-state index in [0.29, 0.717) is 0 Å². The van der Waals surface area contributed by atoms with Crippen LogP contribution in [0, 0.1) is 0 Å². The Labute approximate surface area is 106 Å². The van der Waals surface area contributed by atoms with E-state index in [9.17, 15) is 0 Å². The van der Waals surface area contributed by atoms with Gasteiger partial charge in [0.05, 0.1) is 6.33 Å². The van der Waals surface area contributed by atoms with Crippen LogP contribution in [0.4, 0.5) is 5.82 Å². The lowest BCUT2D eigenvalue weighted by Gasteiger charge is -2.28. The molecule has 1 saturated heterocycles. The Kier molecular flexibility index (Phi) is 2.87. The van der Waals surface area contributed by atoms with Crippen LogP contribution in [-0.2, 0) is 13.5 Å². The number of anilines is 1. The number of hydrogen-bond acceptors (Lipinski definition) is 5. The van der Waals surface area contributed by atoms with Crippen LogP contribution >= 0.6 is 0 Å². The zero-order valence-electron chi connectivity index (χ0n) is 10.8. The lowest BCUT2D eigenvalue weighted by Crippen LogP contribution is -2.44. The zero-order chi connectivity index (χ0) is 12.5. The molecular weight excluding hydrogens is 228 g/mol. The lowest BCUT2D eigenvalue weighted by molar-refractivity contribution is 0.585. The fourth-order valence-electron chi connectivity index (χ4n) is 2.29. The summed E-state index contributed by atoms with van der Waals surface area (Å²) >= 11 is 0. The molecule has 2 aromatic rings. The van der Waals surface area contributed by atoms with Gasteiger partial charge in [-0.3, -0.25) is 0 Å². The smallest absolute Gasteiger partial charge is 0.165 e. The molecule has 1 N–H and O–H groups in total. The summed E-state index contributed by atoms with van der Waals surface area (Å²) in [4.78, 5) is 16.0. The fraction of sp³-hybridized carbons (Fsp3) is 0.583. The molecular formula is C12H18N6. The van der Waals surface area contributed by atoms with Crippen molar-refractivity contribution in [3.05, 3.63) is 12.2 Å². The highest BCUT2D eigenvalue weighted by atomic mass is 15.3. The van der Waals surface area contributed by atoms with Crippen LogP contribution in [0.5, 0.6) is 0 Å². The van der Waals surface area contributed by atoms with Crippen molar-refractivity contribution >= 4 is 17.0 Å². The number of imidazole rings is 1. The summed E-state index contributed by atoms with van der Waals surface area (Å²) in [5.41, 5.74) is 1.84. The van der Waals surface area contributed by atoms with Gasteiger partial charge in [-0.25, -0.2) is 15.0 Å². The number of fused-ring (bicyclic) bond motifs is 1. The number of piperazine rings is 1. The third-order valence-electron chi connectivity index (χ3n) is 3.32. The van der Waals surface area contributed by atoms with Gasteiger partial charge in [-0.2, -0.15) is 0 Å². The summed E-state index contributed by atoms with van der Waals surface area (Å²) in [6, 6.07) is 0. The van der Waals surface area contributed by atoms with Crippen LogP contribution in [0.25, 0.3) is 11.2 Å². The van der Waals surface area contributed by atoms with Crippen molar-refractivity contribution < 1.29 is 0 Å². The second-order valence-electron chi connectivity index (χ2n) is 4.58. The Balaban J connectivity index is 2.13. The first kappa shape index (κ1) is 11.4. The van der Waals surface area contributed by atoms with E-state index in [1.54, 1.807) is 0 Å². The number of rotatable bonds is 2. The second-order valence-corrected chi connectivity index (χ2v) is 4.58. The molecule has 18 heavy (non-hydrogen) atoms. The quantitative estimate of drug-likeness (QED) is 0.828. The van der Waals surface area contributed by atoms with Gasteiger partial charge >= 0.3 is 0 Å². The standard InChI is InChI=1S/C12H18N6/c1-3-9-15-11-10(14-8-17(11)2)12(16-9)18-6-4-13-5-7-18/h8,13H,3-7H2,1-2H3. The zero-order valence-corrected chi connectivity index (χ0v) is 10.8. The van der Waals surface area contributed by atoms with E-state index in [0.717, 1.165) is 55.4 Å². The molecule has 3 rings (SSSR count). The minimum absolute atomic E-state index is 0.847. The maximum Gasteiger partial charge on any atom is 0.165 e. The van der Waals surface area contributed by atoms with Crippen molar-refractivity contribution in [1.82, 2.24) is 24.8 Å². The predicted octanol–water partition coefficient (Wildman–Crippen LogP) is 0.335. The van der Waals surface area contributed by atoms with E-state index in [4.69, 9.17) is 0 Å². The molecule has 96 valence electrons. The van der Waals surface area contributed by atoms with Crippen LogP contribution in [0.3, 0.4) is 0 Å². The number of nitrogens with zero attached hydrogens (tertiary/aromatic N) is 5. The lowest BCUT2D eigenvalue weighted by atomic mass is 10.3. The van der Waals surface area contributed by atoms with Crippen LogP contribution in [-0.4, -0.2) is 45.7 Å². The molecule has 0 saturated carbocycles. The van der Waals surface area contributed by atoms with Gasteiger partial charge in [0.15, 0.2) is 17.0 Å². The summed E-state index contributed by atoms with van der Waals surface area (Å²) in [7, 11) is 1.98. The maximum absolute atomic E-state index is 4.67. The van der Waals surface area contributed by atoms with Crippen LogP contribution in [0.15, 0.2) is 6.33 Å². The van der Waals surface area contributed by atoms with Gasteiger partial charge in [0, 0.05) is 39.6 Å². The highest BCUT2D eigenvalue weighted by molar-refractivity contribution is 5.83. The summed E-state index contributed by atoms with van der Waals surface area (Å²) < 4.78 is 1.96. The molecule has 0 unspecified atom stereocenters. The first-order chi connectivity index (χ1) is 8.79. The SMILES string of the molecule is CCc1nc(N2CCNCC2)c2ncn(C)c2n1. The topological polar surface area (TPSA) is 58.9 Å². The largest absolute Gasteiger partial charge is 0.352 e. The van der Waals surface area contributed by atoms with Crippen LogP contribution in [0.1, 0.15) is 12.7 Å². The third-order valence-corrected chi connectivity index (χ3v) is 3.32. The molecule has 0 atom stereocenters. The third kappa shape index (κ3) is 1.82. The van der Waals surface area contributed by atoms with E-state index in [1.807, 2.05) is 17.9 Å². The van der Waals surface area contributed by atoms with Gasteiger partial charge < -0.3 is 14.8 Å². The molecule has 1 fully saturated rings. The summed E-state index contributed by atoms with van der Waals surface area (Å²) in [6.45, 7) is 6.04. The van der Waals surface area contributed by atoms with Crippen LogP contribution < -0.4 is 10.2 Å². The van der Waals surface area contributed by atoms with Crippen molar-refractivity contribution in [3.8, 4) is 0 Å². The van der Waals surface area contributed by atoms with E-state index < -0.39 is 0 Å². The average molecular weight is 246 g/mol. The average Bonchev–Trinajstić information content (AvgIpc) is 2.80. The van der Waals surface area contributed by atoms with E-state index in [-0.39, 0.29) is 0 Å². The Hall–Kier alpha value is -1.69. The number of aryl methyl sites for hydroxylation is 2. The summed E-state index contributed by atoms with van der Waals surface area (Å²) in [6.07, 6.45) is 2.66. The molecule has 1 aliphatic rings. The number of aromatic nitrogens is 4. The normalized spacial score (nSPS) is 16.4. The second kappa shape index (κ2) is 4.53. The van der Waals surface area contributed by atoms with Gasteiger partial charge in [0.1, 0.15) is 5.82 Å². The molecule has 6 nitrogen and oxygen atoms in total. The van der Waals surface area contributed by atoms with Crippen LogP contribution in [0.2, 0.25) is 0 Å². The molecule has 3 heterocycles. The molecule has 0 aromatic carbocycles. The Morgan fingerprint density at radius 1 is 1.28 bits per heavy atom.